The van der Waals surface area contributed by atoms with Crippen LogP contribution < -0.4 is 9.47 Å². The van der Waals surface area contributed by atoms with Crippen molar-refractivity contribution in [2.45, 2.75) is 45.2 Å². The molecule has 1 saturated heterocycles. The number of hydrogen-bond donors (Lipinski definition) is 0. The van der Waals surface area contributed by atoms with E-state index in [9.17, 15) is 0 Å². The van der Waals surface area contributed by atoms with Crippen LogP contribution in [0, 0.1) is 11.8 Å². The molecule has 25 heavy (non-hydrogen) atoms. The van der Waals surface area contributed by atoms with E-state index in [0.717, 1.165) is 35.9 Å². The summed E-state index contributed by atoms with van der Waals surface area (Å²) in [6, 6.07) is 7.24. The molecule has 3 aliphatic rings. The second kappa shape index (κ2) is 7.55. The maximum atomic E-state index is 5.72. The van der Waals surface area contributed by atoms with Crippen molar-refractivity contribution in [2.24, 2.45) is 11.8 Å². The normalized spacial score (nSPS) is 29.9. The molecule has 0 amide bonds. The van der Waals surface area contributed by atoms with Crippen LogP contribution in [0.5, 0.6) is 11.5 Å². The van der Waals surface area contributed by atoms with Gasteiger partial charge in [0.25, 0.3) is 0 Å². The molecular formula is C21H32N2O2. The number of benzene rings is 1. The predicted octanol–water partition coefficient (Wildman–Crippen LogP) is 3.40. The van der Waals surface area contributed by atoms with Crippen LogP contribution in [0.25, 0.3) is 0 Å². The van der Waals surface area contributed by atoms with Gasteiger partial charge in [0.1, 0.15) is 0 Å². The highest BCUT2D eigenvalue weighted by Crippen LogP contribution is 2.46. The van der Waals surface area contributed by atoms with E-state index in [-0.39, 0.29) is 0 Å². The van der Waals surface area contributed by atoms with Gasteiger partial charge < -0.3 is 9.47 Å². The summed E-state index contributed by atoms with van der Waals surface area (Å²) in [5.41, 5.74) is 1.32. The van der Waals surface area contributed by atoms with Gasteiger partial charge in [-0.1, -0.05) is 12.5 Å². The first kappa shape index (κ1) is 17.2. The number of methoxy groups -OCH3 is 1. The van der Waals surface area contributed by atoms with Crippen molar-refractivity contribution in [3.63, 3.8) is 0 Å². The van der Waals surface area contributed by atoms with Crippen LogP contribution in [0.2, 0.25) is 0 Å². The Bertz CT molecular complexity index is 583. The molecule has 0 N–H and O–H groups in total. The van der Waals surface area contributed by atoms with Crippen molar-refractivity contribution in [3.05, 3.63) is 23.8 Å². The Balaban J connectivity index is 1.32. The van der Waals surface area contributed by atoms with Gasteiger partial charge >= 0.3 is 0 Å². The molecule has 0 aromatic heterocycles. The van der Waals surface area contributed by atoms with Crippen LogP contribution in [-0.2, 0) is 6.54 Å². The molecule has 4 heteroatoms. The fourth-order valence-electron chi connectivity index (χ4n) is 5.26. The average Bonchev–Trinajstić information content (AvgIpc) is 3.26. The van der Waals surface area contributed by atoms with Crippen LogP contribution >= 0.6 is 0 Å². The number of hydrogen-bond acceptors (Lipinski definition) is 4. The van der Waals surface area contributed by atoms with Crippen molar-refractivity contribution in [1.29, 1.82) is 0 Å². The molecule has 2 aliphatic carbocycles. The highest BCUT2D eigenvalue weighted by molar-refractivity contribution is 5.43. The van der Waals surface area contributed by atoms with Crippen molar-refractivity contribution in [3.8, 4) is 11.5 Å². The van der Waals surface area contributed by atoms with Gasteiger partial charge in [0.15, 0.2) is 11.5 Å². The summed E-state index contributed by atoms with van der Waals surface area (Å²) < 4.78 is 11.1. The maximum absolute atomic E-state index is 5.72. The summed E-state index contributed by atoms with van der Waals surface area (Å²) in [5.74, 6) is 3.74. The van der Waals surface area contributed by atoms with Crippen LogP contribution in [-0.4, -0.2) is 55.7 Å². The highest BCUT2D eigenvalue weighted by Gasteiger charge is 2.42. The van der Waals surface area contributed by atoms with E-state index in [2.05, 4.69) is 21.9 Å². The lowest BCUT2D eigenvalue weighted by Gasteiger charge is -2.41. The monoisotopic (exact) mass is 344 g/mol. The summed E-state index contributed by atoms with van der Waals surface area (Å²) >= 11 is 0. The third-order valence-electron chi connectivity index (χ3n) is 6.51. The minimum absolute atomic E-state index is 0.669. The molecule has 0 spiro atoms. The highest BCUT2D eigenvalue weighted by atomic mass is 16.5. The van der Waals surface area contributed by atoms with Gasteiger partial charge in [-0.05, 0) is 55.7 Å². The second-order valence-electron chi connectivity index (χ2n) is 7.97. The molecule has 3 atom stereocenters. The lowest BCUT2D eigenvalue weighted by molar-refractivity contribution is 0.0679. The fraction of sp³-hybridized carbons (Fsp3) is 0.714. The Hall–Kier alpha value is -1.26. The van der Waals surface area contributed by atoms with Crippen LogP contribution in [0.1, 0.15) is 38.2 Å². The summed E-state index contributed by atoms with van der Waals surface area (Å²) in [7, 11) is 1.70. The van der Waals surface area contributed by atoms with E-state index < -0.39 is 0 Å². The Morgan fingerprint density at radius 1 is 1.04 bits per heavy atom. The van der Waals surface area contributed by atoms with E-state index in [4.69, 9.17) is 9.47 Å². The first-order valence-electron chi connectivity index (χ1n) is 10.0. The minimum atomic E-state index is 0.669. The Kier molecular flexibility index (Phi) is 5.18. The quantitative estimate of drug-likeness (QED) is 0.790. The number of piperazine rings is 1. The number of ether oxygens (including phenoxy) is 2. The summed E-state index contributed by atoms with van der Waals surface area (Å²) in [6.45, 7) is 8.54. The van der Waals surface area contributed by atoms with Gasteiger partial charge in [0, 0.05) is 38.8 Å². The molecule has 1 aromatic rings. The summed E-state index contributed by atoms with van der Waals surface area (Å²) in [5, 5.41) is 0. The Labute approximate surface area is 152 Å². The zero-order valence-electron chi connectivity index (χ0n) is 15.7. The molecule has 2 bridgehead atoms. The molecule has 4 nitrogen and oxygen atoms in total. The van der Waals surface area contributed by atoms with Gasteiger partial charge in [0.05, 0.1) is 13.7 Å². The van der Waals surface area contributed by atoms with E-state index in [1.165, 1.54) is 57.4 Å². The van der Waals surface area contributed by atoms with Crippen molar-refractivity contribution in [2.75, 3.05) is 39.9 Å². The summed E-state index contributed by atoms with van der Waals surface area (Å²) in [6.07, 6.45) is 5.97. The molecule has 2 saturated carbocycles. The molecule has 1 aliphatic heterocycles. The zero-order chi connectivity index (χ0) is 17.2. The first-order chi connectivity index (χ1) is 12.3. The zero-order valence-corrected chi connectivity index (χ0v) is 15.7. The van der Waals surface area contributed by atoms with Crippen molar-refractivity contribution >= 4 is 0 Å². The predicted molar refractivity (Wildman–Crippen MR) is 100 cm³/mol. The van der Waals surface area contributed by atoms with E-state index in [0.29, 0.717) is 6.61 Å². The van der Waals surface area contributed by atoms with E-state index >= 15 is 0 Å². The topological polar surface area (TPSA) is 24.9 Å². The molecule has 138 valence electrons. The standard InChI is InChI=1S/C21H32N2O2/c1-3-25-21-14-17(5-7-20(21)24-2)15-22-8-10-23(11-9-22)19-13-16-4-6-18(19)12-16/h5,7,14,16,18-19H,3-4,6,8-13,15H2,1-2H3/t16-,18-,19-/m1/s1. The van der Waals surface area contributed by atoms with Crippen LogP contribution in [0.3, 0.4) is 0 Å². The molecule has 1 aromatic carbocycles. The van der Waals surface area contributed by atoms with Gasteiger partial charge in [0.2, 0.25) is 0 Å². The molecule has 1 heterocycles. The van der Waals surface area contributed by atoms with Crippen molar-refractivity contribution < 1.29 is 9.47 Å². The van der Waals surface area contributed by atoms with Crippen molar-refractivity contribution in [1.82, 2.24) is 9.80 Å². The largest absolute Gasteiger partial charge is 0.493 e. The Morgan fingerprint density at radius 2 is 1.88 bits per heavy atom. The first-order valence-corrected chi connectivity index (χ1v) is 10.0. The van der Waals surface area contributed by atoms with Gasteiger partial charge in [-0.3, -0.25) is 9.80 Å². The third kappa shape index (κ3) is 3.65. The van der Waals surface area contributed by atoms with Gasteiger partial charge in [-0.25, -0.2) is 0 Å². The lowest BCUT2D eigenvalue weighted by Crippen LogP contribution is -2.51. The Morgan fingerprint density at radius 3 is 2.52 bits per heavy atom. The van der Waals surface area contributed by atoms with Crippen LogP contribution in [0.15, 0.2) is 18.2 Å². The molecule has 0 radical (unpaired) electrons. The smallest absolute Gasteiger partial charge is 0.161 e. The lowest BCUT2D eigenvalue weighted by atomic mass is 9.93. The van der Waals surface area contributed by atoms with Gasteiger partial charge in [-0.15, -0.1) is 0 Å². The van der Waals surface area contributed by atoms with Gasteiger partial charge in [-0.2, -0.15) is 0 Å². The number of fused-ring (bicyclic) bond motifs is 2. The molecule has 0 unspecified atom stereocenters. The van der Waals surface area contributed by atoms with E-state index in [1.54, 1.807) is 7.11 Å². The SMILES string of the molecule is CCOc1cc(CN2CCN([C@@H]3C[C@@H]4CC[C@@H]3C4)CC2)ccc1OC. The second-order valence-corrected chi connectivity index (χ2v) is 7.97. The summed E-state index contributed by atoms with van der Waals surface area (Å²) in [4.78, 5) is 5.38. The third-order valence-corrected chi connectivity index (χ3v) is 6.51. The molecule has 3 fully saturated rings. The van der Waals surface area contributed by atoms with Crippen LogP contribution in [0.4, 0.5) is 0 Å². The minimum Gasteiger partial charge on any atom is -0.493 e. The molecular weight excluding hydrogens is 312 g/mol. The van der Waals surface area contributed by atoms with E-state index in [1.807, 2.05) is 13.0 Å². The average molecular weight is 344 g/mol. The fourth-order valence-corrected chi connectivity index (χ4v) is 5.26. The number of rotatable bonds is 6. The number of nitrogens with zero attached hydrogens (tertiary/aromatic N) is 2. The maximum Gasteiger partial charge on any atom is 0.161 e. The molecule has 4 rings (SSSR count).